The summed E-state index contributed by atoms with van der Waals surface area (Å²) >= 11 is 3.38. The van der Waals surface area contributed by atoms with Gasteiger partial charge in [0, 0.05) is 11.0 Å². The lowest BCUT2D eigenvalue weighted by Gasteiger charge is -2.06. The monoisotopic (exact) mass is 331 g/mol. The van der Waals surface area contributed by atoms with Gasteiger partial charge in [-0.15, -0.1) is 0 Å². The normalized spacial score (nSPS) is 10.2. The standard InChI is InChI=1S/C17H18BrNO/c18-16-10-8-15(9-11-16)13-17(20)19-12-4-7-14-5-2-1-3-6-14/h1-3,5-6,8-11H,4,7,12-13H2,(H,19,20). The lowest BCUT2D eigenvalue weighted by Crippen LogP contribution is -2.26. The van der Waals surface area contributed by atoms with Gasteiger partial charge in [-0.2, -0.15) is 0 Å². The zero-order chi connectivity index (χ0) is 14.2. The van der Waals surface area contributed by atoms with Crippen LogP contribution >= 0.6 is 15.9 Å². The van der Waals surface area contributed by atoms with Crippen LogP contribution in [0.4, 0.5) is 0 Å². The molecule has 0 heterocycles. The molecule has 1 N–H and O–H groups in total. The van der Waals surface area contributed by atoms with Gasteiger partial charge in [0.05, 0.1) is 6.42 Å². The van der Waals surface area contributed by atoms with Crippen molar-refractivity contribution in [1.29, 1.82) is 0 Å². The van der Waals surface area contributed by atoms with Crippen LogP contribution in [0.5, 0.6) is 0 Å². The Kier molecular flexibility index (Phi) is 5.81. The van der Waals surface area contributed by atoms with Gasteiger partial charge in [0.15, 0.2) is 0 Å². The zero-order valence-electron chi connectivity index (χ0n) is 11.3. The van der Waals surface area contributed by atoms with Gasteiger partial charge in [0.1, 0.15) is 0 Å². The van der Waals surface area contributed by atoms with Crippen molar-refractivity contribution in [3.8, 4) is 0 Å². The highest BCUT2D eigenvalue weighted by Crippen LogP contribution is 2.10. The lowest BCUT2D eigenvalue weighted by molar-refractivity contribution is -0.120. The fraction of sp³-hybridized carbons (Fsp3) is 0.235. The van der Waals surface area contributed by atoms with Crippen LogP contribution in [0.1, 0.15) is 17.5 Å². The van der Waals surface area contributed by atoms with Crippen molar-refractivity contribution in [2.45, 2.75) is 19.3 Å². The predicted molar refractivity (Wildman–Crippen MR) is 85.6 cm³/mol. The molecular weight excluding hydrogens is 314 g/mol. The van der Waals surface area contributed by atoms with E-state index in [1.165, 1.54) is 5.56 Å². The number of halogens is 1. The number of benzene rings is 2. The van der Waals surface area contributed by atoms with E-state index in [1.54, 1.807) is 0 Å². The van der Waals surface area contributed by atoms with Crippen LogP contribution in [-0.4, -0.2) is 12.5 Å². The summed E-state index contributed by atoms with van der Waals surface area (Å²) in [5.41, 5.74) is 2.35. The Hall–Kier alpha value is -1.61. The molecule has 104 valence electrons. The Balaban J connectivity index is 1.66. The number of nitrogens with one attached hydrogen (secondary N) is 1. The fourth-order valence-electron chi connectivity index (χ4n) is 2.02. The highest BCUT2D eigenvalue weighted by Gasteiger charge is 2.02. The maximum Gasteiger partial charge on any atom is 0.224 e. The summed E-state index contributed by atoms with van der Waals surface area (Å²) in [5.74, 6) is 0.0837. The summed E-state index contributed by atoms with van der Waals surface area (Å²) in [6.07, 6.45) is 2.41. The Morgan fingerprint density at radius 1 is 0.950 bits per heavy atom. The van der Waals surface area contributed by atoms with Crippen molar-refractivity contribution >= 4 is 21.8 Å². The Labute approximate surface area is 128 Å². The first-order chi connectivity index (χ1) is 9.74. The van der Waals surface area contributed by atoms with Crippen LogP contribution in [0.15, 0.2) is 59.1 Å². The van der Waals surface area contributed by atoms with Crippen molar-refractivity contribution in [3.63, 3.8) is 0 Å². The van der Waals surface area contributed by atoms with E-state index in [1.807, 2.05) is 42.5 Å². The molecule has 2 rings (SSSR count). The van der Waals surface area contributed by atoms with E-state index in [0.717, 1.165) is 29.4 Å². The zero-order valence-corrected chi connectivity index (χ0v) is 12.9. The molecule has 0 saturated heterocycles. The van der Waals surface area contributed by atoms with E-state index in [4.69, 9.17) is 0 Å². The van der Waals surface area contributed by atoms with E-state index in [9.17, 15) is 4.79 Å². The SMILES string of the molecule is O=C(Cc1ccc(Br)cc1)NCCCc1ccccc1. The van der Waals surface area contributed by atoms with Crippen LogP contribution in [0.2, 0.25) is 0 Å². The minimum absolute atomic E-state index is 0.0837. The molecule has 0 saturated carbocycles. The molecule has 0 spiro atoms. The molecule has 0 aliphatic carbocycles. The van der Waals surface area contributed by atoms with E-state index in [-0.39, 0.29) is 5.91 Å². The van der Waals surface area contributed by atoms with Gasteiger partial charge >= 0.3 is 0 Å². The second kappa shape index (κ2) is 7.85. The summed E-state index contributed by atoms with van der Waals surface area (Å²) in [7, 11) is 0. The van der Waals surface area contributed by atoms with Gasteiger partial charge in [-0.05, 0) is 36.1 Å². The molecule has 2 aromatic rings. The molecule has 2 aromatic carbocycles. The Bertz CT molecular complexity index is 537. The van der Waals surface area contributed by atoms with Gasteiger partial charge in [0.2, 0.25) is 5.91 Å². The van der Waals surface area contributed by atoms with E-state index in [2.05, 4.69) is 33.4 Å². The number of aryl methyl sites for hydroxylation is 1. The predicted octanol–water partition coefficient (Wildman–Crippen LogP) is 3.74. The summed E-state index contributed by atoms with van der Waals surface area (Å²) < 4.78 is 1.03. The number of hydrogen-bond acceptors (Lipinski definition) is 1. The quantitative estimate of drug-likeness (QED) is 0.802. The average molecular weight is 332 g/mol. The third-order valence-electron chi connectivity index (χ3n) is 3.09. The third kappa shape index (κ3) is 5.17. The molecule has 3 heteroatoms. The maximum atomic E-state index is 11.8. The minimum Gasteiger partial charge on any atom is -0.356 e. The second-order valence-electron chi connectivity index (χ2n) is 4.74. The molecule has 0 aliphatic heterocycles. The molecule has 0 unspecified atom stereocenters. The van der Waals surface area contributed by atoms with Crippen molar-refractivity contribution in [2.24, 2.45) is 0 Å². The van der Waals surface area contributed by atoms with Crippen molar-refractivity contribution in [1.82, 2.24) is 5.32 Å². The molecule has 0 aromatic heterocycles. The van der Waals surface area contributed by atoms with Crippen LogP contribution in [-0.2, 0) is 17.6 Å². The molecule has 2 nitrogen and oxygen atoms in total. The largest absolute Gasteiger partial charge is 0.356 e. The molecule has 0 aliphatic rings. The first kappa shape index (κ1) is 14.8. The summed E-state index contributed by atoms with van der Waals surface area (Å²) in [6.45, 7) is 0.726. The van der Waals surface area contributed by atoms with Crippen LogP contribution in [0.25, 0.3) is 0 Å². The molecule has 20 heavy (non-hydrogen) atoms. The van der Waals surface area contributed by atoms with E-state index < -0.39 is 0 Å². The van der Waals surface area contributed by atoms with Gasteiger partial charge in [-0.25, -0.2) is 0 Å². The molecule has 1 amide bonds. The van der Waals surface area contributed by atoms with Crippen molar-refractivity contribution < 1.29 is 4.79 Å². The summed E-state index contributed by atoms with van der Waals surface area (Å²) in [5, 5.41) is 2.97. The van der Waals surface area contributed by atoms with Crippen LogP contribution in [0, 0.1) is 0 Å². The van der Waals surface area contributed by atoms with Gasteiger partial charge in [-0.3, -0.25) is 4.79 Å². The van der Waals surface area contributed by atoms with Crippen LogP contribution < -0.4 is 5.32 Å². The number of carbonyl (C=O) groups excluding carboxylic acids is 1. The smallest absolute Gasteiger partial charge is 0.224 e. The average Bonchev–Trinajstić information content (AvgIpc) is 2.47. The molecular formula is C17H18BrNO. The minimum atomic E-state index is 0.0837. The topological polar surface area (TPSA) is 29.1 Å². The first-order valence-corrected chi connectivity index (χ1v) is 7.58. The molecule has 0 fully saturated rings. The first-order valence-electron chi connectivity index (χ1n) is 6.79. The maximum absolute atomic E-state index is 11.8. The number of carbonyl (C=O) groups is 1. The second-order valence-corrected chi connectivity index (χ2v) is 5.66. The van der Waals surface area contributed by atoms with Gasteiger partial charge < -0.3 is 5.32 Å². The Morgan fingerprint density at radius 3 is 2.35 bits per heavy atom. The summed E-state index contributed by atoms with van der Waals surface area (Å²) in [6, 6.07) is 18.2. The lowest BCUT2D eigenvalue weighted by atomic mass is 10.1. The van der Waals surface area contributed by atoms with Crippen molar-refractivity contribution in [3.05, 3.63) is 70.2 Å². The van der Waals surface area contributed by atoms with Crippen LogP contribution in [0.3, 0.4) is 0 Å². The highest BCUT2D eigenvalue weighted by molar-refractivity contribution is 9.10. The number of rotatable bonds is 6. The highest BCUT2D eigenvalue weighted by atomic mass is 79.9. The molecule has 0 radical (unpaired) electrons. The number of hydrogen-bond donors (Lipinski definition) is 1. The molecule has 0 atom stereocenters. The third-order valence-corrected chi connectivity index (χ3v) is 3.61. The summed E-state index contributed by atoms with van der Waals surface area (Å²) in [4.78, 5) is 11.8. The van der Waals surface area contributed by atoms with E-state index in [0.29, 0.717) is 6.42 Å². The number of amides is 1. The molecule has 0 bridgehead atoms. The van der Waals surface area contributed by atoms with Crippen molar-refractivity contribution in [2.75, 3.05) is 6.54 Å². The van der Waals surface area contributed by atoms with E-state index >= 15 is 0 Å². The Morgan fingerprint density at radius 2 is 1.65 bits per heavy atom. The van der Waals surface area contributed by atoms with Gasteiger partial charge in [0.25, 0.3) is 0 Å². The van der Waals surface area contributed by atoms with Gasteiger partial charge in [-0.1, -0.05) is 58.4 Å². The fourth-order valence-corrected chi connectivity index (χ4v) is 2.28.